The van der Waals surface area contributed by atoms with E-state index in [0.717, 1.165) is 0 Å². The zero-order valence-electron chi connectivity index (χ0n) is 10.4. The Labute approximate surface area is 128 Å². The molecule has 20 heavy (non-hydrogen) atoms. The molecule has 0 fully saturated rings. The van der Waals surface area contributed by atoms with Gasteiger partial charge >= 0.3 is 0 Å². The number of carbonyl (C=O) groups excluding carboxylic acids is 1. The van der Waals surface area contributed by atoms with Crippen LogP contribution in [0, 0.1) is 5.82 Å². The van der Waals surface area contributed by atoms with Crippen LogP contribution in [0.25, 0.3) is 0 Å². The molecule has 0 amide bonds. The second-order valence-electron chi connectivity index (χ2n) is 4.10. The van der Waals surface area contributed by atoms with Crippen molar-refractivity contribution >= 4 is 39.0 Å². The van der Waals surface area contributed by atoms with Crippen molar-refractivity contribution < 1.29 is 13.9 Å². The maximum atomic E-state index is 13.4. The minimum atomic E-state index is -0.585. The molecule has 104 valence electrons. The molecule has 0 saturated heterocycles. The Morgan fingerprint density at radius 2 is 2.05 bits per heavy atom. The molecule has 0 unspecified atom stereocenters. The molecule has 0 aromatic heterocycles. The molecule has 3 nitrogen and oxygen atoms in total. The van der Waals surface area contributed by atoms with Crippen LogP contribution in [-0.4, -0.2) is 5.78 Å². The van der Waals surface area contributed by atoms with Crippen LogP contribution >= 0.6 is 27.5 Å². The molecule has 0 aliphatic carbocycles. The predicted octanol–water partition coefficient (Wildman–Crippen LogP) is 4.82. The molecule has 0 atom stereocenters. The Morgan fingerprint density at radius 1 is 1.35 bits per heavy atom. The van der Waals surface area contributed by atoms with E-state index >= 15 is 0 Å². The fourth-order valence-electron chi connectivity index (χ4n) is 1.63. The lowest BCUT2D eigenvalue weighted by molar-refractivity contribution is 0.101. The van der Waals surface area contributed by atoms with Crippen molar-refractivity contribution in [2.45, 2.75) is 6.92 Å². The lowest BCUT2D eigenvalue weighted by Gasteiger charge is -2.10. The highest BCUT2D eigenvalue weighted by Crippen LogP contribution is 2.34. The average Bonchev–Trinajstić information content (AvgIpc) is 2.35. The Balaban J connectivity index is 2.33. The summed E-state index contributed by atoms with van der Waals surface area (Å²) in [6.45, 7) is 1.43. The van der Waals surface area contributed by atoms with Gasteiger partial charge < -0.3 is 10.5 Å². The van der Waals surface area contributed by atoms with Gasteiger partial charge in [0.05, 0.1) is 9.50 Å². The third kappa shape index (κ3) is 3.11. The van der Waals surface area contributed by atoms with Crippen LogP contribution in [0.15, 0.2) is 34.8 Å². The highest BCUT2D eigenvalue weighted by Gasteiger charge is 2.11. The number of nitrogens with two attached hydrogens (primary N) is 1. The number of hydrogen-bond acceptors (Lipinski definition) is 3. The predicted molar refractivity (Wildman–Crippen MR) is 80.0 cm³/mol. The summed E-state index contributed by atoms with van der Waals surface area (Å²) in [5, 5.41) is -0.00401. The Kier molecular flexibility index (Phi) is 4.30. The van der Waals surface area contributed by atoms with E-state index in [-0.39, 0.29) is 16.6 Å². The van der Waals surface area contributed by atoms with Gasteiger partial charge in [0.1, 0.15) is 17.3 Å². The van der Waals surface area contributed by atoms with E-state index in [2.05, 4.69) is 15.9 Å². The largest absolute Gasteiger partial charge is 0.456 e. The lowest BCUT2D eigenvalue weighted by atomic mass is 10.1. The van der Waals surface area contributed by atoms with Crippen LogP contribution < -0.4 is 10.5 Å². The van der Waals surface area contributed by atoms with Crippen molar-refractivity contribution in [3.05, 3.63) is 51.2 Å². The van der Waals surface area contributed by atoms with Crippen molar-refractivity contribution in [3.8, 4) is 11.5 Å². The van der Waals surface area contributed by atoms with Crippen LogP contribution in [0.5, 0.6) is 11.5 Å². The van der Waals surface area contributed by atoms with Crippen LogP contribution in [-0.2, 0) is 0 Å². The van der Waals surface area contributed by atoms with Crippen molar-refractivity contribution in [1.29, 1.82) is 0 Å². The monoisotopic (exact) mass is 357 g/mol. The van der Waals surface area contributed by atoms with E-state index in [1.54, 1.807) is 12.1 Å². The molecule has 0 bridgehead atoms. The number of ether oxygens (including phenoxy) is 1. The van der Waals surface area contributed by atoms with E-state index in [1.807, 2.05) is 0 Å². The van der Waals surface area contributed by atoms with E-state index in [9.17, 15) is 9.18 Å². The van der Waals surface area contributed by atoms with Gasteiger partial charge in [-0.3, -0.25) is 4.79 Å². The average molecular weight is 359 g/mol. The van der Waals surface area contributed by atoms with Crippen LogP contribution in [0.3, 0.4) is 0 Å². The van der Waals surface area contributed by atoms with Crippen LogP contribution in [0.1, 0.15) is 17.3 Å². The van der Waals surface area contributed by atoms with Gasteiger partial charge in [-0.2, -0.15) is 0 Å². The molecule has 2 rings (SSSR count). The van der Waals surface area contributed by atoms with Crippen molar-refractivity contribution in [3.63, 3.8) is 0 Å². The molecule has 2 N–H and O–H groups in total. The number of nitrogen functional groups attached to an aromatic ring is 1. The molecule has 0 radical (unpaired) electrons. The van der Waals surface area contributed by atoms with Crippen LogP contribution in [0.2, 0.25) is 5.02 Å². The summed E-state index contributed by atoms with van der Waals surface area (Å²) in [6, 6.07) is 7.23. The molecular formula is C14H10BrClFNO2. The summed E-state index contributed by atoms with van der Waals surface area (Å²) in [6.07, 6.45) is 0. The van der Waals surface area contributed by atoms with Gasteiger partial charge in [-0.1, -0.05) is 11.6 Å². The SMILES string of the molecule is CC(=O)c1ccc(Oc2cc(F)c(Cl)cc2Br)cc1N. The summed E-state index contributed by atoms with van der Waals surface area (Å²) in [5.41, 5.74) is 6.48. The zero-order chi connectivity index (χ0) is 14.9. The molecule has 0 aliphatic rings. The first-order chi connectivity index (χ1) is 9.38. The van der Waals surface area contributed by atoms with Crippen LogP contribution in [0.4, 0.5) is 10.1 Å². The Hall–Kier alpha value is -1.59. The van der Waals surface area contributed by atoms with Crippen molar-refractivity contribution in [1.82, 2.24) is 0 Å². The first kappa shape index (κ1) is 14.8. The smallest absolute Gasteiger partial charge is 0.161 e. The molecule has 2 aromatic rings. The minimum Gasteiger partial charge on any atom is -0.456 e. The Morgan fingerprint density at radius 3 is 2.65 bits per heavy atom. The first-order valence-corrected chi connectivity index (χ1v) is 6.78. The highest BCUT2D eigenvalue weighted by atomic mass is 79.9. The van der Waals surface area contributed by atoms with Crippen molar-refractivity contribution in [2.24, 2.45) is 0 Å². The molecule has 0 heterocycles. The second-order valence-corrected chi connectivity index (χ2v) is 5.37. The third-order valence-electron chi connectivity index (χ3n) is 2.60. The van der Waals surface area contributed by atoms with E-state index in [1.165, 1.54) is 25.1 Å². The number of hydrogen-bond donors (Lipinski definition) is 1. The number of ketones is 1. The normalized spacial score (nSPS) is 10.4. The number of halogens is 3. The van der Waals surface area contributed by atoms with E-state index in [4.69, 9.17) is 22.1 Å². The molecule has 0 saturated carbocycles. The van der Waals surface area contributed by atoms with Crippen molar-refractivity contribution in [2.75, 3.05) is 5.73 Å². The fraction of sp³-hybridized carbons (Fsp3) is 0.0714. The molecule has 0 spiro atoms. The number of anilines is 1. The summed E-state index contributed by atoms with van der Waals surface area (Å²) < 4.78 is 19.4. The molecule has 2 aromatic carbocycles. The van der Waals surface area contributed by atoms with Gasteiger partial charge in [0.15, 0.2) is 5.78 Å². The van der Waals surface area contributed by atoms with Gasteiger partial charge in [0.2, 0.25) is 0 Å². The first-order valence-electron chi connectivity index (χ1n) is 5.61. The standard InChI is InChI=1S/C14H10BrClFNO2/c1-7(19)9-3-2-8(4-13(9)18)20-14-6-12(17)11(16)5-10(14)15/h2-6H,18H2,1H3. The Bertz CT molecular complexity index is 691. The lowest BCUT2D eigenvalue weighted by Crippen LogP contribution is -1.99. The highest BCUT2D eigenvalue weighted by molar-refractivity contribution is 9.10. The van der Waals surface area contributed by atoms with E-state index in [0.29, 0.717) is 21.5 Å². The van der Waals surface area contributed by atoms with Gasteiger partial charge in [0, 0.05) is 23.4 Å². The fourth-order valence-corrected chi connectivity index (χ4v) is 2.35. The van der Waals surface area contributed by atoms with E-state index < -0.39 is 5.82 Å². The second kappa shape index (κ2) is 5.81. The molecular weight excluding hydrogens is 349 g/mol. The maximum absolute atomic E-state index is 13.4. The van der Waals surface area contributed by atoms with Gasteiger partial charge in [-0.15, -0.1) is 0 Å². The summed E-state index contributed by atoms with van der Waals surface area (Å²) in [4.78, 5) is 11.3. The minimum absolute atomic E-state index is 0.00401. The van der Waals surface area contributed by atoms with Gasteiger partial charge in [0.25, 0.3) is 0 Å². The topological polar surface area (TPSA) is 52.3 Å². The quantitative estimate of drug-likeness (QED) is 0.486. The molecule has 6 heteroatoms. The zero-order valence-corrected chi connectivity index (χ0v) is 12.8. The number of benzene rings is 2. The summed E-state index contributed by atoms with van der Waals surface area (Å²) in [7, 11) is 0. The number of rotatable bonds is 3. The summed E-state index contributed by atoms with van der Waals surface area (Å²) in [5.74, 6) is -0.0530. The van der Waals surface area contributed by atoms with Gasteiger partial charge in [-0.05, 0) is 41.1 Å². The molecule has 0 aliphatic heterocycles. The number of carbonyl (C=O) groups is 1. The number of Topliss-reactive ketones (excluding diaryl/α,β-unsaturated/α-hetero) is 1. The summed E-state index contributed by atoms with van der Waals surface area (Å²) >= 11 is 8.89. The third-order valence-corrected chi connectivity index (χ3v) is 3.51. The maximum Gasteiger partial charge on any atom is 0.161 e. The van der Waals surface area contributed by atoms with Gasteiger partial charge in [-0.25, -0.2) is 4.39 Å².